The van der Waals surface area contributed by atoms with Gasteiger partial charge in [0.1, 0.15) is 5.75 Å². The third-order valence-electron chi connectivity index (χ3n) is 4.61. The smallest absolute Gasteiger partial charge is 0.258 e. The van der Waals surface area contributed by atoms with Gasteiger partial charge in [-0.2, -0.15) is 0 Å². The molecule has 0 aliphatic rings. The average molecular weight is 359 g/mol. The molecule has 1 aromatic carbocycles. The largest absolute Gasteiger partial charge is 0.507 e. The van der Waals surface area contributed by atoms with Crippen LogP contribution in [0.4, 0.5) is 0 Å². The number of imidazole rings is 1. The van der Waals surface area contributed by atoms with Gasteiger partial charge in [-0.25, -0.2) is 4.98 Å². The first kappa shape index (κ1) is 20.0. The molecular formula is C20H29N3O3. The zero-order chi connectivity index (χ0) is 19.4. The Morgan fingerprint density at radius 1 is 1.23 bits per heavy atom. The quantitative estimate of drug-likeness (QED) is 0.796. The standard InChI is InChI=1S/C20H29N3O3/c1-13(2)15-8-17(14(3)4)19(25)18(9-15)20(26)23(6-7-24)11-16-10-21-12-22(16)5/h8-10,12-14,24-25H,6-7,11H2,1-5H3. The monoisotopic (exact) mass is 359 g/mol. The van der Waals surface area contributed by atoms with Crippen LogP contribution in [0.5, 0.6) is 5.75 Å². The molecule has 142 valence electrons. The zero-order valence-corrected chi connectivity index (χ0v) is 16.2. The second-order valence-corrected chi connectivity index (χ2v) is 7.26. The molecule has 6 heteroatoms. The van der Waals surface area contributed by atoms with Crippen molar-refractivity contribution in [1.82, 2.24) is 14.5 Å². The minimum atomic E-state index is -0.290. The molecule has 0 radical (unpaired) electrons. The van der Waals surface area contributed by atoms with Gasteiger partial charge in [0.25, 0.3) is 5.91 Å². The summed E-state index contributed by atoms with van der Waals surface area (Å²) in [5, 5.41) is 20.1. The van der Waals surface area contributed by atoms with Crippen LogP contribution in [0.2, 0.25) is 0 Å². The highest BCUT2D eigenvalue weighted by Gasteiger charge is 2.24. The number of carbonyl (C=O) groups excluding carboxylic acids is 1. The van der Waals surface area contributed by atoms with E-state index >= 15 is 0 Å². The number of benzene rings is 1. The second kappa shape index (κ2) is 8.36. The van der Waals surface area contributed by atoms with Crippen LogP contribution in [0.15, 0.2) is 24.7 Å². The van der Waals surface area contributed by atoms with E-state index in [9.17, 15) is 15.0 Å². The van der Waals surface area contributed by atoms with Crippen molar-refractivity contribution in [1.29, 1.82) is 0 Å². The number of aryl methyl sites for hydroxylation is 1. The van der Waals surface area contributed by atoms with Crippen LogP contribution < -0.4 is 0 Å². The fourth-order valence-electron chi connectivity index (χ4n) is 2.89. The minimum absolute atomic E-state index is 0.0299. The minimum Gasteiger partial charge on any atom is -0.507 e. The molecule has 0 aliphatic heterocycles. The Balaban J connectivity index is 2.45. The molecule has 0 bridgehead atoms. The van der Waals surface area contributed by atoms with Crippen molar-refractivity contribution < 1.29 is 15.0 Å². The van der Waals surface area contributed by atoms with E-state index in [1.54, 1.807) is 23.5 Å². The number of rotatable bonds is 7. The third kappa shape index (κ3) is 4.25. The first-order valence-corrected chi connectivity index (χ1v) is 8.98. The van der Waals surface area contributed by atoms with Gasteiger partial charge < -0.3 is 19.7 Å². The number of phenols is 1. The molecule has 1 aromatic heterocycles. The van der Waals surface area contributed by atoms with Crippen LogP contribution in [-0.2, 0) is 13.6 Å². The molecule has 1 heterocycles. The van der Waals surface area contributed by atoms with Crippen LogP contribution in [-0.4, -0.2) is 43.7 Å². The molecule has 0 spiro atoms. The lowest BCUT2D eigenvalue weighted by atomic mass is 9.91. The van der Waals surface area contributed by atoms with Gasteiger partial charge in [-0.3, -0.25) is 4.79 Å². The maximum atomic E-state index is 13.2. The number of phenolic OH excluding ortho intramolecular Hbond substituents is 1. The van der Waals surface area contributed by atoms with Gasteiger partial charge in [0.15, 0.2) is 0 Å². The van der Waals surface area contributed by atoms with Crippen LogP contribution in [0.25, 0.3) is 0 Å². The first-order chi connectivity index (χ1) is 12.3. The third-order valence-corrected chi connectivity index (χ3v) is 4.61. The highest BCUT2D eigenvalue weighted by molar-refractivity contribution is 5.97. The molecule has 0 fully saturated rings. The Kier molecular flexibility index (Phi) is 6.42. The summed E-state index contributed by atoms with van der Waals surface area (Å²) in [6, 6.07) is 3.74. The molecule has 0 unspecified atom stereocenters. The highest BCUT2D eigenvalue weighted by Crippen LogP contribution is 2.34. The summed E-state index contributed by atoms with van der Waals surface area (Å²) in [6.07, 6.45) is 3.37. The van der Waals surface area contributed by atoms with Crippen molar-refractivity contribution in [3.05, 3.63) is 47.0 Å². The fourth-order valence-corrected chi connectivity index (χ4v) is 2.89. The first-order valence-electron chi connectivity index (χ1n) is 8.98. The number of nitrogens with zero attached hydrogens (tertiary/aromatic N) is 3. The van der Waals surface area contributed by atoms with Gasteiger partial charge in [0.05, 0.1) is 30.7 Å². The number of aliphatic hydroxyl groups is 1. The van der Waals surface area contributed by atoms with Crippen molar-refractivity contribution in [2.24, 2.45) is 7.05 Å². The lowest BCUT2D eigenvalue weighted by Crippen LogP contribution is -2.34. The summed E-state index contributed by atoms with van der Waals surface area (Å²) in [4.78, 5) is 18.8. The average Bonchev–Trinajstić information content (AvgIpc) is 2.98. The van der Waals surface area contributed by atoms with E-state index in [-0.39, 0.29) is 42.2 Å². The van der Waals surface area contributed by atoms with Crippen molar-refractivity contribution in [3.8, 4) is 5.75 Å². The van der Waals surface area contributed by atoms with E-state index in [0.717, 1.165) is 16.8 Å². The van der Waals surface area contributed by atoms with Gasteiger partial charge >= 0.3 is 0 Å². The van der Waals surface area contributed by atoms with E-state index in [2.05, 4.69) is 18.8 Å². The van der Waals surface area contributed by atoms with Gasteiger partial charge in [-0.05, 0) is 29.0 Å². The molecule has 0 aliphatic carbocycles. The molecule has 0 saturated carbocycles. The molecular weight excluding hydrogens is 330 g/mol. The van der Waals surface area contributed by atoms with Gasteiger partial charge in [-0.1, -0.05) is 33.8 Å². The highest BCUT2D eigenvalue weighted by atomic mass is 16.3. The van der Waals surface area contributed by atoms with E-state index in [4.69, 9.17) is 0 Å². The molecule has 2 rings (SSSR count). The molecule has 1 amide bonds. The lowest BCUT2D eigenvalue weighted by molar-refractivity contribution is 0.0700. The topological polar surface area (TPSA) is 78.6 Å². The Morgan fingerprint density at radius 3 is 2.42 bits per heavy atom. The fraction of sp³-hybridized carbons (Fsp3) is 0.500. The van der Waals surface area contributed by atoms with Crippen LogP contribution in [0.1, 0.15) is 66.7 Å². The van der Waals surface area contributed by atoms with Gasteiger partial charge in [0, 0.05) is 19.8 Å². The van der Waals surface area contributed by atoms with Crippen molar-refractivity contribution in [3.63, 3.8) is 0 Å². The molecule has 2 N–H and O–H groups in total. The predicted octanol–water partition coefficient (Wildman–Crippen LogP) is 3.01. The summed E-state index contributed by atoms with van der Waals surface area (Å²) in [7, 11) is 1.86. The molecule has 0 atom stereocenters. The summed E-state index contributed by atoms with van der Waals surface area (Å²) < 4.78 is 1.83. The lowest BCUT2D eigenvalue weighted by Gasteiger charge is -2.24. The number of aromatic nitrogens is 2. The summed E-state index contributed by atoms with van der Waals surface area (Å²) in [6.45, 7) is 8.47. The van der Waals surface area contributed by atoms with Crippen molar-refractivity contribution in [2.75, 3.05) is 13.2 Å². The zero-order valence-electron chi connectivity index (χ0n) is 16.2. The van der Waals surface area contributed by atoms with Crippen LogP contribution in [0.3, 0.4) is 0 Å². The maximum Gasteiger partial charge on any atom is 0.258 e. The van der Waals surface area contributed by atoms with Crippen molar-refractivity contribution >= 4 is 5.91 Å². The van der Waals surface area contributed by atoms with Gasteiger partial charge in [-0.15, -0.1) is 0 Å². The van der Waals surface area contributed by atoms with E-state index < -0.39 is 0 Å². The SMILES string of the molecule is CC(C)c1cc(C(=O)N(CCO)Cc2cncn2C)c(O)c(C(C)C)c1. The Bertz CT molecular complexity index is 766. The Morgan fingerprint density at radius 2 is 1.92 bits per heavy atom. The Hall–Kier alpha value is -2.34. The predicted molar refractivity (Wildman–Crippen MR) is 101 cm³/mol. The van der Waals surface area contributed by atoms with E-state index in [1.807, 2.05) is 31.5 Å². The van der Waals surface area contributed by atoms with Gasteiger partial charge in [0.2, 0.25) is 0 Å². The molecule has 2 aromatic rings. The summed E-state index contributed by atoms with van der Waals surface area (Å²) in [5.74, 6) is 0.0797. The number of amides is 1. The summed E-state index contributed by atoms with van der Waals surface area (Å²) >= 11 is 0. The van der Waals surface area contributed by atoms with Crippen molar-refractivity contribution in [2.45, 2.75) is 46.1 Å². The second-order valence-electron chi connectivity index (χ2n) is 7.26. The summed E-state index contributed by atoms with van der Waals surface area (Å²) in [5.41, 5.74) is 2.93. The molecule has 0 saturated heterocycles. The number of aromatic hydroxyl groups is 1. The van der Waals surface area contributed by atoms with Crippen LogP contribution in [0, 0.1) is 0 Å². The number of hydrogen-bond donors (Lipinski definition) is 2. The number of hydrogen-bond acceptors (Lipinski definition) is 4. The maximum absolute atomic E-state index is 13.2. The number of carbonyl (C=O) groups is 1. The van der Waals surface area contributed by atoms with Crippen LogP contribution >= 0.6 is 0 Å². The molecule has 26 heavy (non-hydrogen) atoms. The van der Waals surface area contributed by atoms with E-state index in [1.165, 1.54) is 0 Å². The Labute approximate surface area is 155 Å². The normalized spacial score (nSPS) is 11.4. The molecule has 6 nitrogen and oxygen atoms in total. The van der Waals surface area contributed by atoms with E-state index in [0.29, 0.717) is 6.54 Å². The number of aliphatic hydroxyl groups excluding tert-OH is 1.